The molecule has 2 aliphatic heterocycles. The second kappa shape index (κ2) is 6.84. The summed E-state index contributed by atoms with van der Waals surface area (Å²) in [4.78, 5) is 21.1. The Balaban J connectivity index is 1.39. The van der Waals surface area contributed by atoms with Crippen molar-refractivity contribution in [2.24, 2.45) is 5.92 Å². The van der Waals surface area contributed by atoms with Gasteiger partial charge < -0.3 is 19.3 Å². The molecule has 25 heavy (non-hydrogen) atoms. The van der Waals surface area contributed by atoms with Crippen LogP contribution >= 0.6 is 11.6 Å². The Kier molecular flexibility index (Phi) is 4.56. The van der Waals surface area contributed by atoms with Gasteiger partial charge in [0.25, 0.3) is 6.01 Å². The van der Waals surface area contributed by atoms with Crippen molar-refractivity contribution in [2.45, 2.75) is 31.8 Å². The molecular formula is C18H22ClN3O3. The third kappa shape index (κ3) is 3.46. The van der Waals surface area contributed by atoms with Crippen molar-refractivity contribution in [3.8, 4) is 0 Å². The number of carbonyl (C=O) groups excluding carboxylic acids is 1. The highest BCUT2D eigenvalue weighted by atomic mass is 35.5. The van der Waals surface area contributed by atoms with Crippen LogP contribution in [0.5, 0.6) is 0 Å². The summed E-state index contributed by atoms with van der Waals surface area (Å²) in [5.41, 5.74) is 1.47. The Morgan fingerprint density at radius 2 is 2.04 bits per heavy atom. The molecule has 2 saturated heterocycles. The van der Waals surface area contributed by atoms with E-state index in [1.165, 1.54) is 0 Å². The lowest BCUT2D eigenvalue weighted by molar-refractivity contribution is -0.139. The van der Waals surface area contributed by atoms with E-state index >= 15 is 0 Å². The van der Waals surface area contributed by atoms with Gasteiger partial charge >= 0.3 is 0 Å². The zero-order valence-corrected chi connectivity index (χ0v) is 14.8. The summed E-state index contributed by atoms with van der Waals surface area (Å²) in [5, 5.41) is 10.4. The van der Waals surface area contributed by atoms with E-state index in [4.69, 9.17) is 16.0 Å². The van der Waals surface area contributed by atoms with Gasteiger partial charge in [-0.05, 0) is 37.8 Å². The number of aliphatic hydroxyl groups is 1. The van der Waals surface area contributed by atoms with Gasteiger partial charge in [0, 0.05) is 43.2 Å². The van der Waals surface area contributed by atoms with Gasteiger partial charge in [0.1, 0.15) is 5.52 Å². The van der Waals surface area contributed by atoms with Crippen LogP contribution in [0.1, 0.15) is 25.7 Å². The van der Waals surface area contributed by atoms with E-state index < -0.39 is 0 Å². The molecule has 7 heteroatoms. The first kappa shape index (κ1) is 16.7. The third-order valence-corrected chi connectivity index (χ3v) is 5.40. The maximum absolute atomic E-state index is 12.7. The number of fused-ring (bicyclic) bond motifs is 1. The molecule has 134 valence electrons. The molecule has 1 aromatic heterocycles. The number of benzene rings is 1. The van der Waals surface area contributed by atoms with Crippen molar-refractivity contribution in [3.63, 3.8) is 0 Å². The first-order chi connectivity index (χ1) is 12.1. The summed E-state index contributed by atoms with van der Waals surface area (Å²) < 4.78 is 5.82. The van der Waals surface area contributed by atoms with E-state index in [2.05, 4.69) is 9.88 Å². The predicted octanol–water partition coefficient (Wildman–Crippen LogP) is 2.68. The Morgan fingerprint density at radius 1 is 1.24 bits per heavy atom. The Morgan fingerprint density at radius 3 is 2.80 bits per heavy atom. The second-order valence-electron chi connectivity index (χ2n) is 6.95. The van der Waals surface area contributed by atoms with Gasteiger partial charge in [-0.15, -0.1) is 0 Å². The zero-order valence-electron chi connectivity index (χ0n) is 14.0. The van der Waals surface area contributed by atoms with Crippen molar-refractivity contribution in [1.82, 2.24) is 9.88 Å². The zero-order chi connectivity index (χ0) is 17.4. The Bertz CT molecular complexity index is 770. The number of oxazole rings is 1. The molecule has 0 bridgehead atoms. The standard InChI is InChI=1S/C18H22ClN3O3/c19-13-3-4-15-16(10-13)25-18(20-15)21-8-5-12(6-9-21)17(24)22-7-1-2-14(23)11-22/h3-4,10,12,14,23H,1-2,5-9,11H2/t14-/m0/s1. The molecule has 1 aromatic carbocycles. The molecular weight excluding hydrogens is 342 g/mol. The number of hydrogen-bond donors (Lipinski definition) is 1. The number of likely N-dealkylation sites (tertiary alicyclic amines) is 1. The van der Waals surface area contributed by atoms with E-state index in [9.17, 15) is 9.90 Å². The lowest BCUT2D eigenvalue weighted by Gasteiger charge is -2.36. The van der Waals surface area contributed by atoms with Crippen LogP contribution in [0.25, 0.3) is 11.1 Å². The number of aliphatic hydroxyl groups excluding tert-OH is 1. The minimum atomic E-state index is -0.371. The summed E-state index contributed by atoms with van der Waals surface area (Å²) >= 11 is 5.99. The number of amides is 1. The van der Waals surface area contributed by atoms with Crippen LogP contribution in [0.2, 0.25) is 5.02 Å². The summed E-state index contributed by atoms with van der Waals surface area (Å²) in [6.45, 7) is 2.73. The van der Waals surface area contributed by atoms with Gasteiger partial charge in [-0.25, -0.2) is 0 Å². The van der Waals surface area contributed by atoms with Crippen LogP contribution < -0.4 is 4.90 Å². The van der Waals surface area contributed by atoms with E-state index in [1.807, 2.05) is 11.0 Å². The van der Waals surface area contributed by atoms with Crippen molar-refractivity contribution in [2.75, 3.05) is 31.1 Å². The second-order valence-corrected chi connectivity index (χ2v) is 7.39. The number of carbonyl (C=O) groups is 1. The number of halogens is 1. The maximum Gasteiger partial charge on any atom is 0.298 e. The van der Waals surface area contributed by atoms with E-state index in [0.717, 1.165) is 50.8 Å². The Hall–Kier alpha value is -1.79. The van der Waals surface area contributed by atoms with Gasteiger partial charge in [-0.2, -0.15) is 4.98 Å². The van der Waals surface area contributed by atoms with Crippen LogP contribution in [-0.2, 0) is 4.79 Å². The smallest absolute Gasteiger partial charge is 0.298 e. The maximum atomic E-state index is 12.7. The first-order valence-electron chi connectivity index (χ1n) is 8.88. The molecule has 0 spiro atoms. The molecule has 4 rings (SSSR count). The number of piperidine rings is 2. The molecule has 6 nitrogen and oxygen atoms in total. The normalized spacial score (nSPS) is 22.6. The van der Waals surface area contributed by atoms with Crippen LogP contribution in [-0.4, -0.2) is 53.2 Å². The average Bonchev–Trinajstić information content (AvgIpc) is 3.04. The molecule has 0 radical (unpaired) electrons. The number of β-amino-alcohol motifs (C(OH)–C–C–N with tert-alkyl or cyclic N) is 1. The molecule has 1 N–H and O–H groups in total. The molecule has 1 atom stereocenters. The van der Waals surface area contributed by atoms with Crippen molar-refractivity contribution in [1.29, 1.82) is 0 Å². The quantitative estimate of drug-likeness (QED) is 0.888. The van der Waals surface area contributed by atoms with Gasteiger partial charge in [0.05, 0.1) is 6.10 Å². The van der Waals surface area contributed by atoms with Crippen LogP contribution in [0.4, 0.5) is 6.01 Å². The van der Waals surface area contributed by atoms with Crippen LogP contribution in [0.3, 0.4) is 0 Å². The minimum Gasteiger partial charge on any atom is -0.423 e. The molecule has 3 heterocycles. The number of hydrogen-bond acceptors (Lipinski definition) is 5. The van der Waals surface area contributed by atoms with Crippen molar-refractivity contribution < 1.29 is 14.3 Å². The summed E-state index contributed by atoms with van der Waals surface area (Å²) in [7, 11) is 0. The minimum absolute atomic E-state index is 0.0281. The van der Waals surface area contributed by atoms with Crippen molar-refractivity contribution >= 4 is 34.6 Å². The highest BCUT2D eigenvalue weighted by Gasteiger charge is 2.32. The van der Waals surface area contributed by atoms with Gasteiger partial charge in [-0.3, -0.25) is 4.79 Å². The summed E-state index contributed by atoms with van der Waals surface area (Å²) in [5.74, 6) is 0.211. The molecule has 2 aromatic rings. The fourth-order valence-electron chi connectivity index (χ4n) is 3.75. The van der Waals surface area contributed by atoms with E-state index in [1.54, 1.807) is 12.1 Å². The SMILES string of the molecule is O=C(C1CCN(c2nc3ccc(Cl)cc3o2)CC1)N1CCC[C@H](O)C1. The monoisotopic (exact) mass is 363 g/mol. The van der Waals surface area contributed by atoms with E-state index in [-0.39, 0.29) is 17.9 Å². The number of rotatable bonds is 2. The predicted molar refractivity (Wildman–Crippen MR) is 95.8 cm³/mol. The topological polar surface area (TPSA) is 69.8 Å². The fraction of sp³-hybridized carbons (Fsp3) is 0.556. The molecule has 0 saturated carbocycles. The molecule has 0 aliphatic carbocycles. The lowest BCUT2D eigenvalue weighted by atomic mass is 9.94. The number of anilines is 1. The van der Waals surface area contributed by atoms with Crippen molar-refractivity contribution in [3.05, 3.63) is 23.2 Å². The molecule has 1 amide bonds. The molecule has 0 unspecified atom stereocenters. The number of nitrogens with zero attached hydrogens (tertiary/aromatic N) is 3. The average molecular weight is 364 g/mol. The Labute approximate surface area is 151 Å². The largest absolute Gasteiger partial charge is 0.423 e. The highest BCUT2D eigenvalue weighted by molar-refractivity contribution is 6.31. The fourth-order valence-corrected chi connectivity index (χ4v) is 3.91. The van der Waals surface area contributed by atoms with Gasteiger partial charge in [-0.1, -0.05) is 11.6 Å². The van der Waals surface area contributed by atoms with Crippen LogP contribution in [0, 0.1) is 5.92 Å². The summed E-state index contributed by atoms with van der Waals surface area (Å²) in [6, 6.07) is 6.01. The molecule has 2 fully saturated rings. The number of aromatic nitrogens is 1. The third-order valence-electron chi connectivity index (χ3n) is 5.16. The van der Waals surface area contributed by atoms with E-state index in [0.29, 0.717) is 23.2 Å². The lowest BCUT2D eigenvalue weighted by Crippen LogP contribution is -2.47. The van der Waals surface area contributed by atoms with Crippen LogP contribution in [0.15, 0.2) is 22.6 Å². The summed E-state index contributed by atoms with van der Waals surface area (Å²) in [6.07, 6.45) is 2.88. The van der Waals surface area contributed by atoms with Gasteiger partial charge in [0.15, 0.2) is 5.58 Å². The van der Waals surface area contributed by atoms with Gasteiger partial charge in [0.2, 0.25) is 5.91 Å². The molecule has 2 aliphatic rings. The first-order valence-corrected chi connectivity index (χ1v) is 9.26. The highest BCUT2D eigenvalue weighted by Crippen LogP contribution is 2.29.